The topological polar surface area (TPSA) is 61.8 Å². The van der Waals surface area contributed by atoms with Crippen LogP contribution in [0.5, 0.6) is 0 Å². The van der Waals surface area contributed by atoms with Crippen molar-refractivity contribution < 1.29 is 23.8 Å². The number of carbonyl (C=O) groups excluding carboxylic acids is 2. The maximum atomic E-state index is 11.1. The minimum atomic E-state index is -0.777. The van der Waals surface area contributed by atoms with Crippen LogP contribution in [-0.4, -0.2) is 38.9 Å². The van der Waals surface area contributed by atoms with Crippen molar-refractivity contribution >= 4 is 11.9 Å². The number of hydrogen-bond acceptors (Lipinski definition) is 5. The molecule has 0 aliphatic rings. The Labute approximate surface area is 82.6 Å². The van der Waals surface area contributed by atoms with Gasteiger partial charge in [-0.3, -0.25) is 0 Å². The first-order chi connectivity index (χ1) is 6.63. The van der Waals surface area contributed by atoms with Crippen molar-refractivity contribution in [3.05, 3.63) is 12.2 Å². The van der Waals surface area contributed by atoms with Crippen LogP contribution < -0.4 is 0 Å². The van der Waals surface area contributed by atoms with Gasteiger partial charge in [-0.15, -0.1) is 0 Å². The fourth-order valence-corrected chi connectivity index (χ4v) is 0.606. The predicted molar refractivity (Wildman–Crippen MR) is 48.6 cm³/mol. The number of ether oxygens (including phenoxy) is 3. The average molecular weight is 202 g/mol. The summed E-state index contributed by atoms with van der Waals surface area (Å²) in [5.74, 6) is -1.53. The summed E-state index contributed by atoms with van der Waals surface area (Å²) < 4.78 is 13.9. The molecule has 0 saturated carbocycles. The lowest BCUT2D eigenvalue weighted by Gasteiger charge is -2.05. The third-order valence-electron chi connectivity index (χ3n) is 1.29. The molecule has 0 saturated heterocycles. The highest BCUT2D eigenvalue weighted by Crippen LogP contribution is 1.98. The zero-order chi connectivity index (χ0) is 11.0. The molecule has 0 aromatic carbocycles. The highest BCUT2D eigenvalue weighted by Gasteiger charge is 2.17. The summed E-state index contributed by atoms with van der Waals surface area (Å²) >= 11 is 0. The smallest absolute Gasteiger partial charge is 0.345 e. The van der Waals surface area contributed by atoms with E-state index in [4.69, 9.17) is 0 Å². The van der Waals surface area contributed by atoms with Gasteiger partial charge in [0.05, 0.1) is 13.2 Å². The molecule has 0 heterocycles. The van der Waals surface area contributed by atoms with Crippen LogP contribution in [0.25, 0.3) is 0 Å². The van der Waals surface area contributed by atoms with Gasteiger partial charge in [0.25, 0.3) is 0 Å². The minimum absolute atomic E-state index is 0.0910. The Morgan fingerprint density at radius 3 is 2.21 bits per heavy atom. The summed E-state index contributed by atoms with van der Waals surface area (Å²) in [4.78, 5) is 22.0. The van der Waals surface area contributed by atoms with Gasteiger partial charge in [-0.25, -0.2) is 9.59 Å². The molecule has 0 fully saturated rings. The molecule has 0 bridgehead atoms. The maximum Gasteiger partial charge on any atom is 0.345 e. The van der Waals surface area contributed by atoms with Gasteiger partial charge in [0.15, 0.2) is 0 Å². The minimum Gasteiger partial charge on any atom is -0.462 e. The molecular formula is C9H14O5. The Hall–Kier alpha value is -1.36. The number of hydrogen-bond donors (Lipinski definition) is 0. The monoisotopic (exact) mass is 202 g/mol. The van der Waals surface area contributed by atoms with E-state index in [2.05, 4.69) is 20.8 Å². The summed E-state index contributed by atoms with van der Waals surface area (Å²) in [6, 6.07) is 0. The van der Waals surface area contributed by atoms with Crippen LogP contribution in [0, 0.1) is 0 Å². The molecule has 0 aromatic heterocycles. The Kier molecular flexibility index (Phi) is 6.39. The van der Waals surface area contributed by atoms with Crippen LogP contribution in [0.15, 0.2) is 12.2 Å². The Morgan fingerprint density at radius 1 is 1.14 bits per heavy atom. The van der Waals surface area contributed by atoms with Crippen molar-refractivity contribution in [2.75, 3.05) is 26.9 Å². The highest BCUT2D eigenvalue weighted by molar-refractivity contribution is 6.13. The van der Waals surface area contributed by atoms with Crippen LogP contribution in [0.1, 0.15) is 6.92 Å². The molecule has 0 N–H and O–H groups in total. The van der Waals surface area contributed by atoms with Crippen LogP contribution in [-0.2, 0) is 23.8 Å². The number of methoxy groups -OCH3 is 1. The van der Waals surface area contributed by atoms with Crippen LogP contribution in [0.2, 0.25) is 0 Å². The number of carbonyl (C=O) groups is 2. The van der Waals surface area contributed by atoms with Crippen molar-refractivity contribution in [3.8, 4) is 0 Å². The van der Waals surface area contributed by atoms with Gasteiger partial charge in [0.1, 0.15) is 12.2 Å². The number of esters is 2. The van der Waals surface area contributed by atoms with Crippen LogP contribution in [0.3, 0.4) is 0 Å². The van der Waals surface area contributed by atoms with E-state index in [0.717, 1.165) is 0 Å². The summed E-state index contributed by atoms with van der Waals surface area (Å²) in [5, 5.41) is 0. The predicted octanol–water partition coefficient (Wildman–Crippen LogP) is 0.295. The zero-order valence-electron chi connectivity index (χ0n) is 8.37. The summed E-state index contributed by atoms with van der Waals surface area (Å²) in [6.07, 6.45) is 0. The van der Waals surface area contributed by atoms with E-state index in [9.17, 15) is 9.59 Å². The summed E-state index contributed by atoms with van der Waals surface area (Å²) in [6.45, 7) is 5.47. The van der Waals surface area contributed by atoms with E-state index in [0.29, 0.717) is 0 Å². The van der Waals surface area contributed by atoms with E-state index in [1.54, 1.807) is 6.92 Å². The van der Waals surface area contributed by atoms with Crippen molar-refractivity contribution in [1.82, 2.24) is 0 Å². The van der Waals surface area contributed by atoms with Crippen LogP contribution in [0.4, 0.5) is 0 Å². The highest BCUT2D eigenvalue weighted by atomic mass is 16.6. The molecule has 5 nitrogen and oxygen atoms in total. The zero-order valence-corrected chi connectivity index (χ0v) is 8.37. The van der Waals surface area contributed by atoms with Gasteiger partial charge in [-0.05, 0) is 6.92 Å². The molecule has 0 unspecified atom stereocenters. The van der Waals surface area contributed by atoms with Crippen molar-refractivity contribution in [3.63, 3.8) is 0 Å². The first kappa shape index (κ1) is 12.6. The average Bonchev–Trinajstić information content (AvgIpc) is 2.17. The van der Waals surface area contributed by atoms with Gasteiger partial charge >= 0.3 is 11.9 Å². The van der Waals surface area contributed by atoms with Gasteiger partial charge in [-0.1, -0.05) is 6.58 Å². The molecule has 0 spiro atoms. The van der Waals surface area contributed by atoms with E-state index in [1.165, 1.54) is 7.11 Å². The van der Waals surface area contributed by atoms with Crippen molar-refractivity contribution in [2.45, 2.75) is 6.92 Å². The van der Waals surface area contributed by atoms with E-state index < -0.39 is 11.9 Å². The molecule has 0 atom stereocenters. The third-order valence-corrected chi connectivity index (χ3v) is 1.29. The molecule has 0 amide bonds. The molecular weight excluding hydrogens is 188 g/mol. The Morgan fingerprint density at radius 2 is 1.71 bits per heavy atom. The Balaban J connectivity index is 3.87. The van der Waals surface area contributed by atoms with Gasteiger partial charge < -0.3 is 14.2 Å². The standard InChI is InChI=1S/C9H14O5/c1-4-13-8(10)7(2)9(11)14-6-5-12-3/h2,4-6H2,1,3H3. The molecule has 80 valence electrons. The molecule has 0 rings (SSSR count). The summed E-state index contributed by atoms with van der Waals surface area (Å²) in [5.41, 5.74) is -0.303. The van der Waals surface area contributed by atoms with Gasteiger partial charge in [0, 0.05) is 7.11 Å². The molecule has 14 heavy (non-hydrogen) atoms. The second-order valence-electron chi connectivity index (χ2n) is 2.33. The van der Waals surface area contributed by atoms with E-state index >= 15 is 0 Å². The van der Waals surface area contributed by atoms with Crippen LogP contribution >= 0.6 is 0 Å². The molecule has 0 aliphatic heterocycles. The first-order valence-corrected chi connectivity index (χ1v) is 4.15. The lowest BCUT2D eigenvalue weighted by molar-refractivity contribution is -0.147. The van der Waals surface area contributed by atoms with Gasteiger partial charge in [-0.2, -0.15) is 0 Å². The molecule has 0 radical (unpaired) electrons. The molecule has 5 heteroatoms. The normalized spacial score (nSPS) is 9.29. The van der Waals surface area contributed by atoms with E-state index in [1.807, 2.05) is 0 Å². The SMILES string of the molecule is C=C(C(=O)OCC)C(=O)OCCOC. The second kappa shape index (κ2) is 7.08. The third kappa shape index (κ3) is 4.61. The second-order valence-corrected chi connectivity index (χ2v) is 2.33. The Bertz CT molecular complexity index is 221. The summed E-state index contributed by atoms with van der Waals surface area (Å²) in [7, 11) is 1.48. The quantitative estimate of drug-likeness (QED) is 0.204. The van der Waals surface area contributed by atoms with Crippen molar-refractivity contribution in [1.29, 1.82) is 0 Å². The lowest BCUT2D eigenvalue weighted by atomic mass is 10.3. The molecule has 0 aromatic rings. The number of rotatable bonds is 6. The van der Waals surface area contributed by atoms with E-state index in [-0.39, 0.29) is 25.4 Å². The lowest BCUT2D eigenvalue weighted by Crippen LogP contribution is -2.18. The first-order valence-electron chi connectivity index (χ1n) is 4.15. The van der Waals surface area contributed by atoms with Crippen molar-refractivity contribution in [2.24, 2.45) is 0 Å². The van der Waals surface area contributed by atoms with Gasteiger partial charge in [0.2, 0.25) is 0 Å². The largest absolute Gasteiger partial charge is 0.462 e. The fourth-order valence-electron chi connectivity index (χ4n) is 0.606. The molecule has 0 aliphatic carbocycles. The maximum absolute atomic E-state index is 11.1. The fraction of sp³-hybridized carbons (Fsp3) is 0.556.